The van der Waals surface area contributed by atoms with Crippen molar-refractivity contribution in [3.63, 3.8) is 0 Å². The van der Waals surface area contributed by atoms with E-state index in [9.17, 15) is 4.79 Å². The van der Waals surface area contributed by atoms with Gasteiger partial charge in [0.15, 0.2) is 11.5 Å². The third kappa shape index (κ3) is 2.57. The number of carbonyl (C=O) groups is 1. The zero-order valence-electron chi connectivity index (χ0n) is 15.1. The molecule has 0 radical (unpaired) electrons. The molecule has 8 heteroatoms. The molecule has 136 valence electrons. The molecule has 1 aliphatic rings. The Hall–Kier alpha value is -3.55. The minimum atomic E-state index is -1.25. The summed E-state index contributed by atoms with van der Waals surface area (Å²) in [5.41, 5.74) is 7.92. The van der Waals surface area contributed by atoms with E-state index in [4.69, 9.17) is 5.73 Å². The molecule has 1 aromatic carbocycles. The number of hydrogen-bond acceptors (Lipinski definition) is 6. The minimum Gasteiger partial charge on any atom is -0.369 e. The topological polar surface area (TPSA) is 102 Å². The Kier molecular flexibility index (Phi) is 3.95. The quantitative estimate of drug-likeness (QED) is 0.756. The van der Waals surface area contributed by atoms with E-state index in [1.807, 2.05) is 37.4 Å². The smallest absolute Gasteiger partial charge is 0.266 e. The standard InChI is InChI=1S/C19H19N7O/c1-3-26-11-16(10-23-26)19(17(27)25(2)18(20)24-19)15-6-4-5-13(7-15)14-8-21-12-22-9-14/h4-12H,3H2,1-2H3,(H2,20,24)/t19-/m0/s1. The molecular formula is C19H19N7O. The summed E-state index contributed by atoms with van der Waals surface area (Å²) < 4.78 is 1.77. The van der Waals surface area contributed by atoms with Gasteiger partial charge in [0.25, 0.3) is 5.91 Å². The molecule has 2 N–H and O–H groups in total. The van der Waals surface area contributed by atoms with Crippen molar-refractivity contribution >= 4 is 11.9 Å². The van der Waals surface area contributed by atoms with Gasteiger partial charge in [-0.15, -0.1) is 0 Å². The lowest BCUT2D eigenvalue weighted by atomic mass is 9.83. The molecule has 0 saturated carbocycles. The van der Waals surface area contributed by atoms with Gasteiger partial charge in [0.2, 0.25) is 0 Å². The molecule has 0 aliphatic carbocycles. The summed E-state index contributed by atoms with van der Waals surface area (Å²) in [5.74, 6) is -0.0326. The number of rotatable bonds is 4. The number of likely N-dealkylation sites (N-methyl/N-ethyl adjacent to an activating group) is 1. The number of guanidine groups is 1. The molecular weight excluding hydrogens is 342 g/mol. The van der Waals surface area contributed by atoms with Crippen molar-refractivity contribution < 1.29 is 4.79 Å². The Labute approximate surface area is 156 Å². The van der Waals surface area contributed by atoms with E-state index in [0.29, 0.717) is 12.1 Å². The largest absolute Gasteiger partial charge is 0.369 e. The summed E-state index contributed by atoms with van der Waals surface area (Å²) >= 11 is 0. The molecule has 1 atom stereocenters. The molecule has 8 nitrogen and oxygen atoms in total. The maximum absolute atomic E-state index is 13.3. The Balaban J connectivity index is 1.92. The highest BCUT2D eigenvalue weighted by Crippen LogP contribution is 2.40. The average Bonchev–Trinajstić information content (AvgIpc) is 3.28. The van der Waals surface area contributed by atoms with Gasteiger partial charge in [0, 0.05) is 43.3 Å². The number of aliphatic imine (C=N–C) groups is 1. The van der Waals surface area contributed by atoms with Crippen LogP contribution in [-0.2, 0) is 16.9 Å². The molecule has 1 aliphatic heterocycles. The molecule has 1 amide bonds. The molecule has 0 bridgehead atoms. The third-order valence-electron chi connectivity index (χ3n) is 4.79. The lowest BCUT2D eigenvalue weighted by molar-refractivity contribution is -0.129. The fourth-order valence-electron chi connectivity index (χ4n) is 3.28. The molecule has 2 aromatic heterocycles. The van der Waals surface area contributed by atoms with E-state index < -0.39 is 5.54 Å². The van der Waals surface area contributed by atoms with Crippen LogP contribution in [-0.4, -0.2) is 43.6 Å². The Morgan fingerprint density at radius 3 is 2.52 bits per heavy atom. The minimum absolute atomic E-state index is 0.178. The second kappa shape index (κ2) is 6.31. The average molecular weight is 361 g/mol. The first-order valence-electron chi connectivity index (χ1n) is 8.58. The summed E-state index contributed by atoms with van der Waals surface area (Å²) in [7, 11) is 1.63. The molecule has 27 heavy (non-hydrogen) atoms. The van der Waals surface area contributed by atoms with Gasteiger partial charge in [-0.25, -0.2) is 15.0 Å². The lowest BCUT2D eigenvalue weighted by Crippen LogP contribution is -2.41. The van der Waals surface area contributed by atoms with Crippen LogP contribution in [0.4, 0.5) is 0 Å². The number of amides is 1. The molecule has 3 heterocycles. The highest BCUT2D eigenvalue weighted by molar-refractivity contribution is 6.08. The maximum atomic E-state index is 13.3. The number of carbonyl (C=O) groups excluding carboxylic acids is 1. The van der Waals surface area contributed by atoms with E-state index >= 15 is 0 Å². The summed E-state index contributed by atoms with van der Waals surface area (Å²) in [6, 6.07) is 7.64. The first kappa shape index (κ1) is 16.9. The van der Waals surface area contributed by atoms with Gasteiger partial charge in [-0.1, -0.05) is 18.2 Å². The number of aryl methyl sites for hydroxylation is 1. The van der Waals surface area contributed by atoms with Crippen molar-refractivity contribution in [1.82, 2.24) is 24.6 Å². The van der Waals surface area contributed by atoms with Crippen molar-refractivity contribution in [2.24, 2.45) is 10.7 Å². The van der Waals surface area contributed by atoms with Crippen LogP contribution in [0, 0.1) is 0 Å². The number of nitrogens with two attached hydrogens (primary N) is 1. The monoisotopic (exact) mass is 361 g/mol. The van der Waals surface area contributed by atoms with E-state index in [1.54, 1.807) is 30.3 Å². The molecule has 0 fully saturated rings. The fraction of sp³-hybridized carbons (Fsp3) is 0.211. The van der Waals surface area contributed by atoms with E-state index in [2.05, 4.69) is 20.1 Å². The lowest BCUT2D eigenvalue weighted by Gasteiger charge is -2.24. The summed E-state index contributed by atoms with van der Waals surface area (Å²) in [5, 5.41) is 4.33. The van der Waals surface area contributed by atoms with Gasteiger partial charge in [-0.05, 0) is 24.1 Å². The molecule has 0 unspecified atom stereocenters. The molecule has 0 spiro atoms. The summed E-state index contributed by atoms with van der Waals surface area (Å²) in [4.78, 5) is 27.4. The predicted octanol–water partition coefficient (Wildman–Crippen LogP) is 1.39. The summed E-state index contributed by atoms with van der Waals surface area (Å²) in [6.45, 7) is 2.68. The van der Waals surface area contributed by atoms with E-state index in [0.717, 1.165) is 16.7 Å². The molecule has 0 saturated heterocycles. The first-order valence-corrected chi connectivity index (χ1v) is 8.58. The van der Waals surface area contributed by atoms with Crippen LogP contribution >= 0.6 is 0 Å². The van der Waals surface area contributed by atoms with Crippen LogP contribution in [0.2, 0.25) is 0 Å². The van der Waals surface area contributed by atoms with Crippen molar-refractivity contribution in [2.45, 2.75) is 19.0 Å². The van der Waals surface area contributed by atoms with Crippen molar-refractivity contribution in [1.29, 1.82) is 0 Å². The van der Waals surface area contributed by atoms with Crippen LogP contribution in [0.25, 0.3) is 11.1 Å². The van der Waals surface area contributed by atoms with Crippen molar-refractivity contribution in [2.75, 3.05) is 7.05 Å². The number of aromatic nitrogens is 4. The molecule has 4 rings (SSSR count). The van der Waals surface area contributed by atoms with E-state index in [1.165, 1.54) is 11.2 Å². The zero-order valence-corrected chi connectivity index (χ0v) is 15.1. The second-order valence-corrected chi connectivity index (χ2v) is 6.34. The van der Waals surface area contributed by atoms with Crippen LogP contribution in [0.3, 0.4) is 0 Å². The molecule has 3 aromatic rings. The summed E-state index contributed by atoms with van der Waals surface area (Å²) in [6.07, 6.45) is 8.46. The van der Waals surface area contributed by atoms with Crippen LogP contribution in [0.15, 0.2) is 60.4 Å². The Morgan fingerprint density at radius 2 is 1.89 bits per heavy atom. The number of benzene rings is 1. The third-order valence-corrected chi connectivity index (χ3v) is 4.79. The van der Waals surface area contributed by atoms with E-state index in [-0.39, 0.29) is 11.9 Å². The van der Waals surface area contributed by atoms with Crippen LogP contribution in [0.1, 0.15) is 18.1 Å². The zero-order chi connectivity index (χ0) is 19.0. The highest BCUT2D eigenvalue weighted by Gasteiger charge is 2.50. The number of nitrogens with zero attached hydrogens (tertiary/aromatic N) is 6. The van der Waals surface area contributed by atoms with Gasteiger partial charge in [0.1, 0.15) is 6.33 Å². The SMILES string of the molecule is CCn1cc([C@]2(c3cccc(-c4cncnc4)c3)N=C(N)N(C)C2=O)cn1. The van der Waals surface area contributed by atoms with Crippen molar-refractivity contribution in [3.8, 4) is 11.1 Å². The normalized spacial score (nSPS) is 19.4. The van der Waals surface area contributed by atoms with Gasteiger partial charge < -0.3 is 5.73 Å². The van der Waals surface area contributed by atoms with Gasteiger partial charge in [-0.2, -0.15) is 5.10 Å². The van der Waals surface area contributed by atoms with Crippen LogP contribution < -0.4 is 5.73 Å². The van der Waals surface area contributed by atoms with Gasteiger partial charge in [-0.3, -0.25) is 14.4 Å². The Morgan fingerprint density at radius 1 is 1.11 bits per heavy atom. The van der Waals surface area contributed by atoms with Crippen molar-refractivity contribution in [3.05, 3.63) is 66.5 Å². The highest BCUT2D eigenvalue weighted by atomic mass is 16.2. The van der Waals surface area contributed by atoms with Crippen LogP contribution in [0.5, 0.6) is 0 Å². The van der Waals surface area contributed by atoms with Gasteiger partial charge >= 0.3 is 0 Å². The Bertz CT molecular complexity index is 1030. The fourth-order valence-corrected chi connectivity index (χ4v) is 3.28. The number of hydrogen-bond donors (Lipinski definition) is 1. The second-order valence-electron chi connectivity index (χ2n) is 6.34. The van der Waals surface area contributed by atoms with Gasteiger partial charge in [0.05, 0.1) is 6.20 Å². The maximum Gasteiger partial charge on any atom is 0.266 e. The first-order chi connectivity index (χ1) is 13.1. The predicted molar refractivity (Wildman–Crippen MR) is 101 cm³/mol.